The van der Waals surface area contributed by atoms with Crippen molar-refractivity contribution in [3.8, 4) is 0 Å². The van der Waals surface area contributed by atoms with Gasteiger partial charge in [0.25, 0.3) is 0 Å². The number of carbonyl (C=O) groups excluding carboxylic acids is 3. The zero-order valence-corrected chi connectivity index (χ0v) is 20.8. The van der Waals surface area contributed by atoms with Crippen molar-refractivity contribution in [2.75, 3.05) is 12.0 Å². The number of thioether (sulfide) groups is 1. The zero-order chi connectivity index (χ0) is 25.8. The number of carboxylic acids is 1. The maximum absolute atomic E-state index is 13.2. The number of benzene rings is 1. The molecule has 7 N–H and O–H groups in total. The highest BCUT2D eigenvalue weighted by Gasteiger charge is 2.32. The lowest BCUT2D eigenvalue weighted by Crippen LogP contribution is -2.59. The van der Waals surface area contributed by atoms with Crippen LogP contribution in [0.15, 0.2) is 30.3 Å². The molecule has 34 heavy (non-hydrogen) atoms. The van der Waals surface area contributed by atoms with Gasteiger partial charge in [0.15, 0.2) is 0 Å². The largest absolute Gasteiger partial charge is 0.480 e. The molecule has 10 nitrogen and oxygen atoms in total. The molecular weight excluding hydrogens is 460 g/mol. The van der Waals surface area contributed by atoms with Crippen molar-refractivity contribution in [2.45, 2.75) is 63.9 Å². The summed E-state index contributed by atoms with van der Waals surface area (Å²) < 4.78 is 0. The van der Waals surface area contributed by atoms with Crippen molar-refractivity contribution >= 4 is 35.5 Å². The number of hydrogen-bond donors (Lipinski definition) is 6. The molecule has 5 unspecified atom stereocenters. The molecular formula is C23H36N4O6S. The predicted octanol–water partition coefficient (Wildman–Crippen LogP) is -0.115. The second kappa shape index (κ2) is 14.6. The van der Waals surface area contributed by atoms with Crippen LogP contribution in [0.2, 0.25) is 0 Å². The number of carboxylic acid groups (broad SMARTS) is 1. The highest BCUT2D eigenvalue weighted by Crippen LogP contribution is 2.09. The molecule has 190 valence electrons. The van der Waals surface area contributed by atoms with Gasteiger partial charge in [0.2, 0.25) is 17.7 Å². The number of rotatable bonds is 14. The highest BCUT2D eigenvalue weighted by molar-refractivity contribution is 7.98. The fourth-order valence-corrected chi connectivity index (χ4v) is 3.56. The summed E-state index contributed by atoms with van der Waals surface area (Å²) in [6, 6.07) is 4.57. The van der Waals surface area contributed by atoms with E-state index in [1.807, 2.05) is 12.3 Å². The fourth-order valence-electron chi connectivity index (χ4n) is 3.09. The number of nitrogens with two attached hydrogens (primary N) is 1. The van der Waals surface area contributed by atoms with Gasteiger partial charge >= 0.3 is 5.97 Å². The number of amides is 3. The van der Waals surface area contributed by atoms with Crippen LogP contribution < -0.4 is 21.7 Å². The minimum Gasteiger partial charge on any atom is -0.480 e. The van der Waals surface area contributed by atoms with E-state index in [9.17, 15) is 29.4 Å². The van der Waals surface area contributed by atoms with E-state index < -0.39 is 54.0 Å². The van der Waals surface area contributed by atoms with E-state index in [-0.39, 0.29) is 18.8 Å². The predicted molar refractivity (Wildman–Crippen MR) is 131 cm³/mol. The summed E-state index contributed by atoms with van der Waals surface area (Å²) in [5, 5.41) is 26.7. The van der Waals surface area contributed by atoms with Crippen molar-refractivity contribution in [3.63, 3.8) is 0 Å². The first-order valence-corrected chi connectivity index (χ1v) is 12.5. The maximum atomic E-state index is 13.2. The number of aliphatic hydroxyl groups excluding tert-OH is 1. The van der Waals surface area contributed by atoms with Crippen molar-refractivity contribution in [1.29, 1.82) is 0 Å². The van der Waals surface area contributed by atoms with E-state index in [1.54, 1.807) is 38.1 Å². The molecule has 1 rings (SSSR count). The normalized spacial score (nSPS) is 15.5. The Bertz CT molecular complexity index is 821. The molecule has 0 saturated carbocycles. The molecule has 0 fully saturated rings. The smallest absolute Gasteiger partial charge is 0.326 e. The summed E-state index contributed by atoms with van der Waals surface area (Å²) in [5.74, 6) is -2.92. The molecule has 0 aliphatic heterocycles. The molecule has 0 saturated heterocycles. The van der Waals surface area contributed by atoms with Gasteiger partial charge in [-0.3, -0.25) is 14.4 Å². The Morgan fingerprint density at radius 1 is 0.941 bits per heavy atom. The lowest BCUT2D eigenvalue weighted by Gasteiger charge is -2.27. The summed E-state index contributed by atoms with van der Waals surface area (Å²) in [7, 11) is 0. The third-order valence-corrected chi connectivity index (χ3v) is 5.85. The molecule has 0 aliphatic carbocycles. The van der Waals surface area contributed by atoms with Gasteiger partial charge in [-0.1, -0.05) is 44.2 Å². The van der Waals surface area contributed by atoms with Crippen LogP contribution in [0.5, 0.6) is 0 Å². The summed E-state index contributed by atoms with van der Waals surface area (Å²) in [6.45, 7) is 4.80. The highest BCUT2D eigenvalue weighted by atomic mass is 32.2. The third kappa shape index (κ3) is 9.70. The van der Waals surface area contributed by atoms with Gasteiger partial charge in [0.05, 0.1) is 6.10 Å². The van der Waals surface area contributed by atoms with Crippen molar-refractivity contribution in [2.24, 2.45) is 11.7 Å². The van der Waals surface area contributed by atoms with Gasteiger partial charge in [0.1, 0.15) is 24.2 Å². The zero-order valence-electron chi connectivity index (χ0n) is 20.0. The lowest BCUT2D eigenvalue weighted by atomic mass is 10.00. The second-order valence-electron chi connectivity index (χ2n) is 8.43. The molecule has 5 atom stereocenters. The molecule has 1 aromatic carbocycles. The van der Waals surface area contributed by atoms with Gasteiger partial charge in [-0.25, -0.2) is 4.79 Å². The molecule has 0 aliphatic rings. The quantitative estimate of drug-likeness (QED) is 0.207. The molecule has 0 bridgehead atoms. The number of nitrogens with one attached hydrogen (secondary N) is 3. The van der Waals surface area contributed by atoms with Crippen LogP contribution in [0.3, 0.4) is 0 Å². The first-order chi connectivity index (χ1) is 16.0. The summed E-state index contributed by atoms with van der Waals surface area (Å²) in [4.78, 5) is 50.0. The summed E-state index contributed by atoms with van der Waals surface area (Å²) in [6.07, 6.45) is 1.08. The summed E-state index contributed by atoms with van der Waals surface area (Å²) in [5.41, 5.74) is 6.47. The van der Waals surface area contributed by atoms with Crippen LogP contribution in [0.1, 0.15) is 32.8 Å². The van der Waals surface area contributed by atoms with Crippen LogP contribution in [0.25, 0.3) is 0 Å². The Kier molecular flexibility index (Phi) is 12.6. The Hall–Kier alpha value is -2.63. The molecule has 0 radical (unpaired) electrons. The Labute approximate surface area is 204 Å². The number of hydrogen-bond acceptors (Lipinski definition) is 7. The Morgan fingerprint density at radius 3 is 2.03 bits per heavy atom. The topological polar surface area (TPSA) is 171 Å². The van der Waals surface area contributed by atoms with Crippen LogP contribution in [-0.2, 0) is 25.6 Å². The fraction of sp³-hybridized carbons (Fsp3) is 0.565. The van der Waals surface area contributed by atoms with Gasteiger partial charge < -0.3 is 31.9 Å². The van der Waals surface area contributed by atoms with Gasteiger partial charge in [-0.15, -0.1) is 0 Å². The maximum Gasteiger partial charge on any atom is 0.326 e. The van der Waals surface area contributed by atoms with Crippen molar-refractivity contribution in [3.05, 3.63) is 35.9 Å². The molecule has 0 aromatic heterocycles. The Morgan fingerprint density at radius 2 is 1.53 bits per heavy atom. The average Bonchev–Trinajstić information content (AvgIpc) is 2.78. The monoisotopic (exact) mass is 496 g/mol. The molecule has 1 aromatic rings. The van der Waals surface area contributed by atoms with Gasteiger partial charge in [0, 0.05) is 6.42 Å². The van der Waals surface area contributed by atoms with Crippen LogP contribution in [-0.4, -0.2) is 76.2 Å². The van der Waals surface area contributed by atoms with E-state index in [0.717, 1.165) is 5.56 Å². The van der Waals surface area contributed by atoms with Gasteiger partial charge in [-0.05, 0) is 36.8 Å². The SMILES string of the molecule is CSCCC(NC(=O)C(NC(=O)C(Cc1ccccc1)NC(=O)C(N)C(C)O)C(C)C)C(=O)O. The minimum atomic E-state index is -1.23. The van der Waals surface area contributed by atoms with Crippen LogP contribution in [0, 0.1) is 5.92 Å². The van der Waals surface area contributed by atoms with Gasteiger partial charge in [-0.2, -0.15) is 11.8 Å². The van der Waals surface area contributed by atoms with E-state index in [4.69, 9.17) is 5.73 Å². The third-order valence-electron chi connectivity index (χ3n) is 5.21. The molecule has 11 heteroatoms. The van der Waals surface area contributed by atoms with Crippen molar-refractivity contribution in [1.82, 2.24) is 16.0 Å². The van der Waals surface area contributed by atoms with Crippen LogP contribution in [0.4, 0.5) is 0 Å². The lowest BCUT2D eigenvalue weighted by molar-refractivity contribution is -0.142. The first kappa shape index (κ1) is 29.4. The molecule has 0 heterocycles. The minimum absolute atomic E-state index is 0.128. The number of carbonyl (C=O) groups is 4. The van der Waals surface area contributed by atoms with E-state index >= 15 is 0 Å². The van der Waals surface area contributed by atoms with Crippen LogP contribution >= 0.6 is 11.8 Å². The number of aliphatic carboxylic acids is 1. The van der Waals surface area contributed by atoms with Crippen molar-refractivity contribution < 1.29 is 29.4 Å². The first-order valence-electron chi connectivity index (χ1n) is 11.1. The second-order valence-corrected chi connectivity index (χ2v) is 9.41. The molecule has 0 spiro atoms. The van der Waals surface area contributed by atoms with E-state index in [2.05, 4.69) is 16.0 Å². The van der Waals surface area contributed by atoms with E-state index in [1.165, 1.54) is 18.7 Å². The number of aliphatic hydroxyl groups is 1. The summed E-state index contributed by atoms with van der Waals surface area (Å²) >= 11 is 1.46. The standard InChI is InChI=1S/C23H36N4O6S/c1-13(2)19(22(31)25-16(23(32)33)10-11-34-4)27-20(29)17(12-15-8-6-5-7-9-15)26-21(30)18(24)14(3)28/h5-9,13-14,16-19,28H,10-12,24H2,1-4H3,(H,25,31)(H,26,30)(H,27,29)(H,32,33). The average molecular weight is 497 g/mol. The van der Waals surface area contributed by atoms with E-state index in [0.29, 0.717) is 5.75 Å². The Balaban J connectivity index is 3.04. The molecule has 3 amide bonds.